The topological polar surface area (TPSA) is 59.9 Å². The maximum absolute atomic E-state index is 6.41. The number of benzene rings is 1. The summed E-state index contributed by atoms with van der Waals surface area (Å²) in [5, 5.41) is 6.90. The van der Waals surface area contributed by atoms with E-state index in [-0.39, 0.29) is 0 Å². The van der Waals surface area contributed by atoms with Crippen LogP contribution in [-0.4, -0.2) is 21.6 Å². The van der Waals surface area contributed by atoms with Crippen LogP contribution in [0.1, 0.15) is 6.92 Å². The van der Waals surface area contributed by atoms with Crippen molar-refractivity contribution in [1.29, 1.82) is 0 Å². The summed E-state index contributed by atoms with van der Waals surface area (Å²) in [6.07, 6.45) is 5.16. The van der Waals surface area contributed by atoms with Crippen molar-refractivity contribution in [1.82, 2.24) is 15.0 Å². The number of hydrogen-bond donors (Lipinski definition) is 1. The standard InChI is InChI=1S/C19H13Cl2IN4O/c1-2-27-19-16-11(3-6-24-19)18(25-15-4-5-23-9-12(15)16)26-17-13(20)7-10(22)8-14(17)21/h3-9H,2H2,1H3,(H,25,26). The van der Waals surface area contributed by atoms with Gasteiger partial charge in [-0.05, 0) is 53.8 Å². The maximum atomic E-state index is 6.41. The third-order valence-corrected chi connectivity index (χ3v) is 5.22. The number of nitrogens with one attached hydrogen (secondary N) is 1. The van der Waals surface area contributed by atoms with Crippen LogP contribution in [0.5, 0.6) is 5.88 Å². The summed E-state index contributed by atoms with van der Waals surface area (Å²) in [5.74, 6) is 1.16. The monoisotopic (exact) mass is 510 g/mol. The second-order valence-electron chi connectivity index (χ2n) is 5.69. The minimum absolute atomic E-state index is 0.508. The van der Waals surface area contributed by atoms with E-state index in [9.17, 15) is 0 Å². The van der Waals surface area contributed by atoms with Crippen LogP contribution in [0.4, 0.5) is 11.5 Å². The number of halogens is 3. The predicted octanol–water partition coefficient (Wildman–Crippen LogP) is 6.23. The average molecular weight is 511 g/mol. The molecular weight excluding hydrogens is 498 g/mol. The van der Waals surface area contributed by atoms with Gasteiger partial charge in [0.15, 0.2) is 0 Å². The molecule has 136 valence electrons. The lowest BCUT2D eigenvalue weighted by Gasteiger charge is -2.15. The Bertz CT molecular complexity index is 1150. The molecule has 4 rings (SSSR count). The Morgan fingerprint density at radius 1 is 1.11 bits per heavy atom. The van der Waals surface area contributed by atoms with Gasteiger partial charge < -0.3 is 10.1 Å². The van der Waals surface area contributed by atoms with Crippen molar-refractivity contribution in [3.63, 3.8) is 0 Å². The quantitative estimate of drug-likeness (QED) is 0.260. The van der Waals surface area contributed by atoms with Gasteiger partial charge in [-0.3, -0.25) is 4.98 Å². The first-order valence-corrected chi connectivity index (χ1v) is 9.98. The predicted molar refractivity (Wildman–Crippen MR) is 118 cm³/mol. The highest BCUT2D eigenvalue weighted by molar-refractivity contribution is 14.1. The summed E-state index contributed by atoms with van der Waals surface area (Å²) in [6.45, 7) is 2.43. The van der Waals surface area contributed by atoms with Gasteiger partial charge in [0.05, 0.1) is 33.2 Å². The molecule has 0 aliphatic rings. The summed E-state index contributed by atoms with van der Waals surface area (Å²) >= 11 is 15.0. The van der Waals surface area contributed by atoms with Gasteiger partial charge in [-0.2, -0.15) is 0 Å². The van der Waals surface area contributed by atoms with Crippen molar-refractivity contribution in [3.8, 4) is 5.88 Å². The Labute approximate surface area is 179 Å². The summed E-state index contributed by atoms with van der Waals surface area (Å²) in [6, 6.07) is 7.42. The molecular formula is C19H13Cl2IN4O. The number of fused-ring (bicyclic) bond motifs is 3. The van der Waals surface area contributed by atoms with Gasteiger partial charge in [-0.25, -0.2) is 9.97 Å². The lowest BCUT2D eigenvalue weighted by atomic mass is 10.1. The van der Waals surface area contributed by atoms with Crippen LogP contribution in [0.15, 0.2) is 42.9 Å². The van der Waals surface area contributed by atoms with Crippen LogP contribution in [-0.2, 0) is 0 Å². The van der Waals surface area contributed by atoms with E-state index >= 15 is 0 Å². The van der Waals surface area contributed by atoms with E-state index in [1.54, 1.807) is 18.6 Å². The highest BCUT2D eigenvalue weighted by atomic mass is 127. The van der Waals surface area contributed by atoms with Crippen molar-refractivity contribution in [2.75, 3.05) is 11.9 Å². The number of ether oxygens (including phenoxy) is 1. The van der Waals surface area contributed by atoms with Gasteiger partial charge in [0, 0.05) is 32.9 Å². The molecule has 27 heavy (non-hydrogen) atoms. The molecule has 8 heteroatoms. The molecule has 1 N–H and O–H groups in total. The zero-order valence-electron chi connectivity index (χ0n) is 14.1. The van der Waals surface area contributed by atoms with Crippen molar-refractivity contribution in [2.24, 2.45) is 0 Å². The molecule has 4 aromatic rings. The van der Waals surface area contributed by atoms with Crippen LogP contribution in [0.3, 0.4) is 0 Å². The first-order chi connectivity index (χ1) is 13.1. The van der Waals surface area contributed by atoms with E-state index < -0.39 is 0 Å². The fraction of sp³-hybridized carbons (Fsp3) is 0.105. The number of aromatic nitrogens is 3. The molecule has 0 saturated heterocycles. The first-order valence-electron chi connectivity index (χ1n) is 8.15. The third-order valence-electron chi connectivity index (χ3n) is 4.00. The number of rotatable bonds is 4. The zero-order valence-corrected chi connectivity index (χ0v) is 17.8. The first kappa shape index (κ1) is 18.5. The highest BCUT2D eigenvalue weighted by Gasteiger charge is 2.16. The highest BCUT2D eigenvalue weighted by Crippen LogP contribution is 2.39. The van der Waals surface area contributed by atoms with E-state index in [1.807, 2.05) is 31.2 Å². The van der Waals surface area contributed by atoms with Gasteiger partial charge >= 0.3 is 0 Å². The molecule has 5 nitrogen and oxygen atoms in total. The van der Waals surface area contributed by atoms with Crippen LogP contribution >= 0.6 is 45.8 Å². The largest absolute Gasteiger partial charge is 0.478 e. The summed E-state index contributed by atoms with van der Waals surface area (Å²) in [7, 11) is 0. The van der Waals surface area contributed by atoms with Gasteiger partial charge in [-0.15, -0.1) is 0 Å². The lowest BCUT2D eigenvalue weighted by molar-refractivity contribution is 0.331. The molecule has 0 saturated carbocycles. The van der Waals surface area contributed by atoms with Crippen LogP contribution in [0.25, 0.3) is 21.7 Å². The molecule has 1 aromatic carbocycles. The lowest BCUT2D eigenvalue weighted by Crippen LogP contribution is -2.01. The van der Waals surface area contributed by atoms with E-state index in [4.69, 9.17) is 32.9 Å². The number of anilines is 2. The Balaban J connectivity index is 1.99. The zero-order chi connectivity index (χ0) is 19.0. The summed E-state index contributed by atoms with van der Waals surface area (Å²) in [5.41, 5.74) is 1.38. The van der Waals surface area contributed by atoms with E-state index in [0.717, 1.165) is 25.2 Å². The summed E-state index contributed by atoms with van der Waals surface area (Å²) < 4.78 is 6.70. The Hall–Kier alpha value is -1.90. The normalized spacial score (nSPS) is 11.1. The molecule has 0 aliphatic carbocycles. The van der Waals surface area contributed by atoms with Gasteiger partial charge in [-0.1, -0.05) is 23.2 Å². The average Bonchev–Trinajstić information content (AvgIpc) is 2.65. The molecule has 3 heterocycles. The molecule has 0 spiro atoms. The SMILES string of the molecule is CCOc1nccc2c(Nc3c(Cl)cc(I)cc3Cl)nc3ccncc3c12. The molecule has 0 unspecified atom stereocenters. The second kappa shape index (κ2) is 7.61. The molecule has 3 aromatic heterocycles. The molecule has 0 bridgehead atoms. The Morgan fingerprint density at radius 3 is 2.63 bits per heavy atom. The molecule has 0 atom stereocenters. The van der Waals surface area contributed by atoms with Crippen molar-refractivity contribution in [3.05, 3.63) is 56.5 Å². The molecule has 0 aliphatic heterocycles. The Morgan fingerprint density at radius 2 is 1.89 bits per heavy atom. The Kier molecular flexibility index (Phi) is 5.21. The van der Waals surface area contributed by atoms with Crippen LogP contribution in [0.2, 0.25) is 10.0 Å². The molecule has 0 amide bonds. The number of pyridine rings is 3. The van der Waals surface area contributed by atoms with Gasteiger partial charge in [0.2, 0.25) is 5.88 Å². The third kappa shape index (κ3) is 3.49. The van der Waals surface area contributed by atoms with Gasteiger partial charge in [0.25, 0.3) is 0 Å². The van der Waals surface area contributed by atoms with E-state index in [2.05, 4.69) is 37.9 Å². The van der Waals surface area contributed by atoms with Crippen LogP contribution in [0, 0.1) is 3.57 Å². The van der Waals surface area contributed by atoms with Crippen LogP contribution < -0.4 is 10.1 Å². The van der Waals surface area contributed by atoms with Crippen molar-refractivity contribution in [2.45, 2.75) is 6.92 Å². The minimum atomic E-state index is 0.508. The van der Waals surface area contributed by atoms with Crippen molar-refractivity contribution < 1.29 is 4.74 Å². The fourth-order valence-electron chi connectivity index (χ4n) is 2.88. The molecule has 0 fully saturated rings. The summed E-state index contributed by atoms with van der Waals surface area (Å²) in [4.78, 5) is 13.4. The number of hydrogen-bond acceptors (Lipinski definition) is 5. The minimum Gasteiger partial charge on any atom is -0.478 e. The van der Waals surface area contributed by atoms with Crippen molar-refractivity contribution >= 4 is 79.0 Å². The smallest absolute Gasteiger partial charge is 0.222 e. The van der Waals surface area contributed by atoms with E-state index in [0.29, 0.717) is 34.0 Å². The molecule has 0 radical (unpaired) electrons. The van der Waals surface area contributed by atoms with E-state index in [1.165, 1.54) is 0 Å². The fourth-order valence-corrected chi connectivity index (χ4v) is 4.45. The number of nitrogens with zero attached hydrogens (tertiary/aromatic N) is 3. The van der Waals surface area contributed by atoms with Gasteiger partial charge in [0.1, 0.15) is 5.82 Å². The second-order valence-corrected chi connectivity index (χ2v) is 7.75. The maximum Gasteiger partial charge on any atom is 0.222 e.